The first-order valence-electron chi connectivity index (χ1n) is 9.32. The molecule has 162 valence electrons. The second-order valence-corrected chi connectivity index (χ2v) is 8.76. The number of carbonyl (C=O) groups is 2. The molecule has 1 amide bonds. The average Bonchev–Trinajstić information content (AvgIpc) is 2.67. The fourth-order valence-electron chi connectivity index (χ4n) is 2.60. The number of esters is 1. The van der Waals surface area contributed by atoms with Crippen LogP contribution in [-0.4, -0.2) is 39.5 Å². The first kappa shape index (κ1) is 23.4. The van der Waals surface area contributed by atoms with E-state index in [4.69, 9.17) is 9.47 Å². The van der Waals surface area contributed by atoms with E-state index in [1.165, 1.54) is 38.3 Å². The zero-order chi connectivity index (χ0) is 22.5. The van der Waals surface area contributed by atoms with Crippen molar-refractivity contribution in [1.82, 2.24) is 4.72 Å². The Morgan fingerprint density at radius 1 is 1.03 bits per heavy atom. The molecule has 30 heavy (non-hydrogen) atoms. The van der Waals surface area contributed by atoms with Crippen LogP contribution in [0.3, 0.4) is 0 Å². The van der Waals surface area contributed by atoms with Gasteiger partial charge in [0, 0.05) is 6.04 Å². The van der Waals surface area contributed by atoms with Crippen LogP contribution in [0, 0.1) is 6.92 Å². The number of rotatable bonds is 8. The van der Waals surface area contributed by atoms with Gasteiger partial charge >= 0.3 is 5.97 Å². The molecule has 2 aromatic carbocycles. The minimum atomic E-state index is -3.76. The fraction of sp³-hybridized carbons (Fsp3) is 0.333. The predicted octanol–water partition coefficient (Wildman–Crippen LogP) is 2.87. The van der Waals surface area contributed by atoms with E-state index < -0.39 is 28.0 Å². The van der Waals surface area contributed by atoms with Gasteiger partial charge in [0.25, 0.3) is 5.91 Å². The second-order valence-electron chi connectivity index (χ2n) is 7.04. The minimum Gasteiger partial charge on any atom is -0.495 e. The van der Waals surface area contributed by atoms with Gasteiger partial charge in [-0.2, -0.15) is 0 Å². The third-order valence-electron chi connectivity index (χ3n) is 4.04. The molecule has 0 bridgehead atoms. The van der Waals surface area contributed by atoms with Crippen molar-refractivity contribution >= 4 is 27.6 Å². The number of hydrogen-bond donors (Lipinski definition) is 2. The summed E-state index contributed by atoms with van der Waals surface area (Å²) in [5.74, 6) is -0.879. The van der Waals surface area contributed by atoms with Gasteiger partial charge in [-0.1, -0.05) is 12.1 Å². The molecule has 0 aliphatic rings. The summed E-state index contributed by atoms with van der Waals surface area (Å²) in [4.78, 5) is 24.8. The van der Waals surface area contributed by atoms with Crippen LogP contribution < -0.4 is 14.8 Å². The van der Waals surface area contributed by atoms with Crippen molar-refractivity contribution in [2.45, 2.75) is 44.7 Å². The lowest BCUT2D eigenvalue weighted by Crippen LogP contribution is -2.31. The molecule has 0 aromatic heterocycles. The SMILES string of the molecule is COc1ccc(C)cc1NC(=O)C(C)OC(=O)c1cccc(S(=O)(=O)NC(C)C)c1. The van der Waals surface area contributed by atoms with E-state index >= 15 is 0 Å². The Kier molecular flexibility index (Phi) is 7.58. The van der Waals surface area contributed by atoms with E-state index in [1.54, 1.807) is 26.0 Å². The highest BCUT2D eigenvalue weighted by molar-refractivity contribution is 7.89. The maximum atomic E-state index is 12.5. The zero-order valence-corrected chi connectivity index (χ0v) is 18.4. The Morgan fingerprint density at radius 3 is 2.37 bits per heavy atom. The lowest BCUT2D eigenvalue weighted by atomic mass is 10.2. The van der Waals surface area contributed by atoms with Crippen LogP contribution in [-0.2, 0) is 19.6 Å². The van der Waals surface area contributed by atoms with Crippen molar-refractivity contribution in [1.29, 1.82) is 0 Å². The summed E-state index contributed by atoms with van der Waals surface area (Å²) in [6.45, 7) is 6.68. The number of sulfonamides is 1. The number of anilines is 1. The molecule has 2 rings (SSSR count). The molecule has 1 atom stereocenters. The Morgan fingerprint density at radius 2 is 1.73 bits per heavy atom. The molecule has 0 spiro atoms. The van der Waals surface area contributed by atoms with Crippen LogP contribution in [0.25, 0.3) is 0 Å². The molecule has 9 heteroatoms. The van der Waals surface area contributed by atoms with E-state index in [9.17, 15) is 18.0 Å². The van der Waals surface area contributed by atoms with Crippen LogP contribution >= 0.6 is 0 Å². The molecule has 0 saturated heterocycles. The molecule has 2 N–H and O–H groups in total. The summed E-state index contributed by atoms with van der Waals surface area (Å²) in [5, 5.41) is 2.67. The van der Waals surface area contributed by atoms with E-state index in [2.05, 4.69) is 10.0 Å². The highest BCUT2D eigenvalue weighted by Crippen LogP contribution is 2.25. The Labute approximate surface area is 176 Å². The monoisotopic (exact) mass is 434 g/mol. The van der Waals surface area contributed by atoms with Crippen molar-refractivity contribution in [2.24, 2.45) is 0 Å². The van der Waals surface area contributed by atoms with Crippen molar-refractivity contribution < 1.29 is 27.5 Å². The molecule has 0 aliphatic heterocycles. The first-order valence-corrected chi connectivity index (χ1v) is 10.8. The molecule has 1 unspecified atom stereocenters. The Bertz CT molecular complexity index is 1030. The predicted molar refractivity (Wildman–Crippen MR) is 113 cm³/mol. The number of aryl methyl sites for hydroxylation is 1. The molecule has 0 fully saturated rings. The van der Waals surface area contributed by atoms with Gasteiger partial charge in [0.1, 0.15) is 5.75 Å². The number of benzene rings is 2. The molecule has 0 aliphatic carbocycles. The van der Waals surface area contributed by atoms with Crippen LogP contribution in [0.2, 0.25) is 0 Å². The van der Waals surface area contributed by atoms with Gasteiger partial charge in [0.15, 0.2) is 6.10 Å². The highest BCUT2D eigenvalue weighted by atomic mass is 32.2. The van der Waals surface area contributed by atoms with Crippen molar-refractivity contribution in [3.63, 3.8) is 0 Å². The van der Waals surface area contributed by atoms with Gasteiger partial charge in [-0.3, -0.25) is 4.79 Å². The van der Waals surface area contributed by atoms with Crippen molar-refractivity contribution in [2.75, 3.05) is 12.4 Å². The largest absolute Gasteiger partial charge is 0.495 e. The van der Waals surface area contributed by atoms with Crippen molar-refractivity contribution in [3.05, 3.63) is 53.6 Å². The van der Waals surface area contributed by atoms with E-state index in [1.807, 2.05) is 13.0 Å². The third-order valence-corrected chi connectivity index (χ3v) is 5.69. The van der Waals surface area contributed by atoms with Crippen LogP contribution in [0.5, 0.6) is 5.75 Å². The maximum Gasteiger partial charge on any atom is 0.338 e. The summed E-state index contributed by atoms with van der Waals surface area (Å²) in [5.41, 5.74) is 1.40. The fourth-order valence-corrected chi connectivity index (χ4v) is 3.90. The second kappa shape index (κ2) is 9.73. The standard InChI is InChI=1S/C21H26N2O6S/c1-13(2)23-30(26,27)17-8-6-7-16(12-17)21(25)29-15(4)20(24)22-18-11-14(3)9-10-19(18)28-5/h6-13,15,23H,1-5H3,(H,22,24). The lowest BCUT2D eigenvalue weighted by molar-refractivity contribution is -0.123. The zero-order valence-electron chi connectivity index (χ0n) is 17.6. The molecule has 8 nitrogen and oxygen atoms in total. The van der Waals surface area contributed by atoms with Crippen LogP contribution in [0.4, 0.5) is 5.69 Å². The van der Waals surface area contributed by atoms with Crippen LogP contribution in [0.1, 0.15) is 36.7 Å². The topological polar surface area (TPSA) is 111 Å². The van der Waals surface area contributed by atoms with Gasteiger partial charge < -0.3 is 14.8 Å². The van der Waals surface area contributed by atoms with E-state index in [-0.39, 0.29) is 16.5 Å². The highest BCUT2D eigenvalue weighted by Gasteiger charge is 2.22. The molecule has 0 saturated carbocycles. The Balaban J connectivity index is 2.11. The van der Waals surface area contributed by atoms with Gasteiger partial charge in [0.05, 0.1) is 23.3 Å². The lowest BCUT2D eigenvalue weighted by Gasteiger charge is -2.16. The van der Waals surface area contributed by atoms with Gasteiger partial charge in [-0.15, -0.1) is 0 Å². The smallest absolute Gasteiger partial charge is 0.338 e. The summed E-state index contributed by atoms with van der Waals surface area (Å²) >= 11 is 0. The van der Waals surface area contributed by atoms with Gasteiger partial charge in [-0.05, 0) is 63.6 Å². The van der Waals surface area contributed by atoms with Gasteiger partial charge in [0.2, 0.25) is 10.0 Å². The molecule has 0 heterocycles. The summed E-state index contributed by atoms with van der Waals surface area (Å²) in [6, 6.07) is 10.4. The normalized spacial score (nSPS) is 12.3. The summed E-state index contributed by atoms with van der Waals surface area (Å²) in [7, 11) is -2.28. The number of ether oxygens (including phenoxy) is 2. The van der Waals surface area contributed by atoms with Gasteiger partial charge in [-0.25, -0.2) is 17.9 Å². The van der Waals surface area contributed by atoms with E-state index in [0.29, 0.717) is 11.4 Å². The van der Waals surface area contributed by atoms with E-state index in [0.717, 1.165) is 5.56 Å². The number of methoxy groups -OCH3 is 1. The van der Waals surface area contributed by atoms with Crippen LogP contribution in [0.15, 0.2) is 47.4 Å². The quantitative estimate of drug-likeness (QED) is 0.618. The Hall–Kier alpha value is -2.91. The number of hydrogen-bond acceptors (Lipinski definition) is 6. The number of nitrogens with one attached hydrogen (secondary N) is 2. The summed E-state index contributed by atoms with van der Waals surface area (Å²) in [6.07, 6.45) is -1.11. The molecule has 2 aromatic rings. The number of amides is 1. The molecule has 0 radical (unpaired) electrons. The summed E-state index contributed by atoms with van der Waals surface area (Å²) < 4.78 is 37.5. The third kappa shape index (κ3) is 6.04. The molecular weight excluding hydrogens is 408 g/mol. The minimum absolute atomic E-state index is 0.0226. The molecular formula is C21H26N2O6S. The van der Waals surface area contributed by atoms with Crippen molar-refractivity contribution in [3.8, 4) is 5.75 Å². The number of carbonyl (C=O) groups excluding carboxylic acids is 2. The average molecular weight is 435 g/mol. The first-order chi connectivity index (χ1) is 14.0. The maximum absolute atomic E-state index is 12.5.